The SMILES string of the molecule is Cc1[nH]nc2c1C(c1ccc(Cl)cc1)C1=C(C2)CC(C)(C)CC1=O.Cc1[nH]nc2c1C(c1cccc(Cl)c1)C1=C(C2)CC(C)(C)CC1=O.Cc1[nH]nc2c1C(c1ccccc1Br)C1=C(C2)CC(C)(C)CC1=O.Cc1[nH]nc2c1C(c1ccccc1Cl)C1=C(C2)CC(C)(C)CC1=O.Cc1ccccc1C1C2=C(Cc3n[nH]c(C)c31)CC(C)(C)CC2=O. The third kappa shape index (κ3) is 16.2. The number of aryl methyl sites for hydroxylation is 6. The number of hydrogen-bond acceptors (Lipinski definition) is 10. The van der Waals surface area contributed by atoms with Crippen LogP contribution in [0.1, 0.15) is 281 Å². The Morgan fingerprint density at radius 2 is 0.600 bits per heavy atom. The zero-order valence-electron chi connectivity index (χ0n) is 71.8. The molecule has 5 aromatic carbocycles. The summed E-state index contributed by atoms with van der Waals surface area (Å²) in [6, 6.07) is 40.3. The van der Waals surface area contributed by atoms with Crippen LogP contribution in [0.2, 0.25) is 15.1 Å². The summed E-state index contributed by atoms with van der Waals surface area (Å²) in [5, 5.41) is 40.4. The Bertz CT molecular complexity index is 5700. The van der Waals surface area contributed by atoms with Gasteiger partial charge in [0.15, 0.2) is 28.9 Å². The molecular weight excluding hydrogens is 1620 g/mol. The van der Waals surface area contributed by atoms with Gasteiger partial charge in [0.1, 0.15) is 0 Å². The van der Waals surface area contributed by atoms with Gasteiger partial charge in [0, 0.05) is 197 Å². The van der Waals surface area contributed by atoms with Crippen molar-refractivity contribution in [3.63, 3.8) is 0 Å². The summed E-state index contributed by atoms with van der Waals surface area (Å²) in [4.78, 5) is 65.3. The molecule has 0 amide bonds. The lowest BCUT2D eigenvalue weighted by molar-refractivity contribution is -0.119. The van der Waals surface area contributed by atoms with Gasteiger partial charge in [-0.1, -0.05) is 233 Å². The lowest BCUT2D eigenvalue weighted by Crippen LogP contribution is -2.32. The van der Waals surface area contributed by atoms with Crippen molar-refractivity contribution >= 4 is 79.6 Å². The number of rotatable bonds is 5. The molecule has 0 saturated carbocycles. The normalized spacial score (nSPS) is 22.3. The molecule has 620 valence electrons. The van der Waals surface area contributed by atoms with Crippen molar-refractivity contribution in [1.29, 1.82) is 0 Å². The third-order valence-electron chi connectivity index (χ3n) is 26.5. The topological polar surface area (TPSA) is 229 Å². The number of hydrogen-bond donors (Lipinski definition) is 5. The maximum Gasteiger partial charge on any atom is 0.160 e. The molecule has 5 N–H and O–H groups in total. The summed E-state index contributed by atoms with van der Waals surface area (Å²) < 4.78 is 1.05. The van der Waals surface area contributed by atoms with Gasteiger partial charge in [0.2, 0.25) is 0 Å². The standard InChI is InChI=1S/C21H24N2O.C20H21BrN2O.3C20H21ClN2O/c1-12-7-5-6-8-15(12)20-18-13(2)22-23-16(18)9-14-10-21(3,4)11-17(24)19(14)20;1-11-17-15(23-22-11)8-12-9-20(2,3)10-16(24)18(12)19(17)13-6-4-5-7-14(13)21;1-11-17-15(23-22-11)8-13-9-20(2,3)10-16(24)18(13)19(17)12-4-6-14(21)7-5-12;1-11-17-15(23-22-11)8-13-9-20(2,3)10-16(24)18(13)19(17)12-5-4-6-14(21)7-12;1-11-17-15(23-22-11)8-12-9-20(2,3)10-16(24)18(12)19(17)13-6-4-5-7-14(13)21/h5-8,20H,9-11H2,1-4H3,(H,22,23);4*4-7,19H,8-10H2,1-3H3,(H,22,23). The zero-order valence-corrected chi connectivity index (χ0v) is 75.7. The number of halogens is 4. The van der Waals surface area contributed by atoms with E-state index in [0.717, 1.165) is 187 Å². The Kier molecular flexibility index (Phi) is 22.5. The Morgan fingerprint density at radius 1 is 0.308 bits per heavy atom. The van der Waals surface area contributed by atoms with E-state index in [-0.39, 0.29) is 74.0 Å². The van der Waals surface area contributed by atoms with Gasteiger partial charge in [0.05, 0.1) is 28.5 Å². The minimum atomic E-state index is -0.0974. The number of carbonyl (C=O) groups is 5. The van der Waals surface area contributed by atoms with Gasteiger partial charge in [-0.3, -0.25) is 49.5 Å². The number of fused-ring (bicyclic) bond motifs is 5. The average Bonchev–Trinajstić information content (AvgIpc) is 1.46. The van der Waals surface area contributed by atoms with Crippen molar-refractivity contribution in [2.45, 2.75) is 237 Å². The number of carbonyl (C=O) groups excluding carboxylic acids is 5. The van der Waals surface area contributed by atoms with Crippen molar-refractivity contribution in [1.82, 2.24) is 51.0 Å². The number of Topliss-reactive ketones (excluding diaryl/α,β-unsaturated/α-hetero) is 5. The van der Waals surface area contributed by atoms with E-state index in [2.05, 4.69) is 199 Å². The van der Waals surface area contributed by atoms with Gasteiger partial charge >= 0.3 is 0 Å². The lowest BCUT2D eigenvalue weighted by Gasteiger charge is -2.38. The molecule has 10 aliphatic rings. The van der Waals surface area contributed by atoms with Crippen LogP contribution in [0, 0.1) is 68.6 Å². The molecule has 19 heteroatoms. The third-order valence-corrected chi connectivity index (χ3v) is 28.1. The molecule has 0 fully saturated rings. The smallest absolute Gasteiger partial charge is 0.160 e. The zero-order chi connectivity index (χ0) is 85.3. The van der Waals surface area contributed by atoms with Crippen LogP contribution in [0.3, 0.4) is 0 Å². The van der Waals surface area contributed by atoms with Crippen molar-refractivity contribution < 1.29 is 24.0 Å². The number of nitrogens with one attached hydrogen (secondary N) is 5. The Hall–Kier alpha value is -9.45. The van der Waals surface area contributed by atoms with Crippen LogP contribution >= 0.6 is 50.7 Å². The van der Waals surface area contributed by atoms with Crippen LogP contribution in [0.5, 0.6) is 0 Å². The molecule has 5 heterocycles. The number of ketones is 5. The molecule has 10 aliphatic carbocycles. The maximum atomic E-state index is 13.1. The van der Waals surface area contributed by atoms with E-state index in [0.29, 0.717) is 58.7 Å². The lowest BCUT2D eigenvalue weighted by atomic mass is 9.64. The molecule has 10 aromatic rings. The second kappa shape index (κ2) is 32.1. The first-order valence-electron chi connectivity index (χ1n) is 42.3. The van der Waals surface area contributed by atoms with Gasteiger partial charge in [-0.25, -0.2) is 0 Å². The highest BCUT2D eigenvalue weighted by Crippen LogP contribution is 2.57. The molecule has 0 saturated heterocycles. The van der Waals surface area contributed by atoms with Crippen LogP contribution in [-0.2, 0) is 56.1 Å². The Labute approximate surface area is 727 Å². The number of nitrogens with zero attached hydrogens (tertiary/aromatic N) is 5. The molecule has 0 radical (unpaired) electrons. The molecule has 15 nitrogen and oxygen atoms in total. The minimum absolute atomic E-state index is 0.0123. The van der Waals surface area contributed by atoms with Crippen molar-refractivity contribution in [3.8, 4) is 0 Å². The van der Waals surface area contributed by atoms with Crippen LogP contribution in [0.15, 0.2) is 182 Å². The summed E-state index contributed by atoms with van der Waals surface area (Å²) in [5.74, 6) is 1.29. The first-order valence-corrected chi connectivity index (χ1v) is 44.3. The number of benzene rings is 5. The van der Waals surface area contributed by atoms with E-state index in [1.807, 2.05) is 99.6 Å². The fourth-order valence-corrected chi connectivity index (χ4v) is 23.0. The number of aromatic nitrogens is 10. The molecule has 0 aliphatic heterocycles. The summed E-state index contributed by atoms with van der Waals surface area (Å²) in [7, 11) is 0. The quantitative estimate of drug-likeness (QED) is 0.109. The van der Waals surface area contributed by atoms with E-state index in [9.17, 15) is 24.0 Å². The van der Waals surface area contributed by atoms with E-state index < -0.39 is 0 Å². The molecule has 0 spiro atoms. The Balaban J connectivity index is 0.000000112. The van der Waals surface area contributed by atoms with Gasteiger partial charge in [0.25, 0.3) is 0 Å². The summed E-state index contributed by atoms with van der Waals surface area (Å²) in [6.07, 6.45) is 11.8. The number of aromatic amines is 5. The first kappa shape index (κ1) is 84.2. The van der Waals surface area contributed by atoms with Crippen molar-refractivity contribution in [2.24, 2.45) is 27.1 Å². The van der Waals surface area contributed by atoms with Crippen LogP contribution in [-0.4, -0.2) is 79.9 Å². The summed E-state index contributed by atoms with van der Waals surface area (Å²) in [5.41, 5.74) is 34.9. The predicted molar refractivity (Wildman–Crippen MR) is 479 cm³/mol. The molecule has 20 rings (SSSR count). The highest BCUT2D eigenvalue weighted by Gasteiger charge is 2.49. The monoisotopic (exact) mass is 1720 g/mol. The second-order valence-electron chi connectivity index (χ2n) is 39.4. The molecule has 5 unspecified atom stereocenters. The average molecular weight is 1730 g/mol. The van der Waals surface area contributed by atoms with Gasteiger partial charge in [-0.05, 0) is 171 Å². The van der Waals surface area contributed by atoms with Crippen LogP contribution < -0.4 is 0 Å². The highest BCUT2D eigenvalue weighted by molar-refractivity contribution is 9.10. The molecule has 5 aromatic heterocycles. The van der Waals surface area contributed by atoms with Crippen molar-refractivity contribution in [2.75, 3.05) is 0 Å². The van der Waals surface area contributed by atoms with Gasteiger partial charge in [-0.2, -0.15) is 25.5 Å². The summed E-state index contributed by atoms with van der Waals surface area (Å²) in [6.45, 7) is 34.2. The maximum absolute atomic E-state index is 13.1. The molecule has 0 bridgehead atoms. The fraction of sp³-hybridized carbons (Fsp3) is 0.406. The first-order chi connectivity index (χ1) is 56.8. The minimum Gasteiger partial charge on any atom is -0.294 e. The van der Waals surface area contributed by atoms with E-state index in [4.69, 9.17) is 34.8 Å². The predicted octanol–water partition coefficient (Wildman–Crippen LogP) is 23.5. The van der Waals surface area contributed by atoms with Crippen molar-refractivity contribution in [3.05, 3.63) is 315 Å². The number of H-pyrrole nitrogens is 5. The van der Waals surface area contributed by atoms with Crippen LogP contribution in [0.4, 0.5) is 0 Å². The highest BCUT2D eigenvalue weighted by atomic mass is 79.9. The number of allylic oxidation sites excluding steroid dienone is 10. The largest absolute Gasteiger partial charge is 0.294 e. The molecular formula is C101H108BrCl3N10O5. The molecule has 5 atom stereocenters. The van der Waals surface area contributed by atoms with E-state index in [1.165, 1.54) is 55.7 Å². The van der Waals surface area contributed by atoms with Gasteiger partial charge < -0.3 is 0 Å². The summed E-state index contributed by atoms with van der Waals surface area (Å²) >= 11 is 22.5. The van der Waals surface area contributed by atoms with Gasteiger partial charge in [-0.15, -0.1) is 0 Å². The Morgan fingerprint density at radius 3 is 0.942 bits per heavy atom. The van der Waals surface area contributed by atoms with E-state index in [1.54, 1.807) is 0 Å². The fourth-order valence-electron chi connectivity index (χ4n) is 22.0. The molecule has 120 heavy (non-hydrogen) atoms. The second-order valence-corrected chi connectivity index (χ2v) is 41.5. The van der Waals surface area contributed by atoms with Crippen LogP contribution in [0.25, 0.3) is 0 Å². The van der Waals surface area contributed by atoms with E-state index >= 15 is 0 Å².